The zero-order chi connectivity index (χ0) is 22.0. The second-order valence-electron chi connectivity index (χ2n) is 6.91. The number of aryl methyl sites for hydroxylation is 2. The number of amidine groups is 1. The van der Waals surface area contributed by atoms with Crippen molar-refractivity contribution in [2.24, 2.45) is 4.99 Å². The minimum atomic E-state index is -0.622. The second-order valence-corrected chi connectivity index (χ2v) is 8.89. The number of hydrogen-bond donors (Lipinski definition) is 2. The van der Waals surface area contributed by atoms with Crippen molar-refractivity contribution in [2.45, 2.75) is 32.4 Å². The third-order valence-corrected chi connectivity index (χ3v) is 6.38. The Kier molecular flexibility index (Phi) is 6.95. The lowest BCUT2D eigenvalue weighted by Gasteiger charge is -2.31. The number of hydrogen-bond acceptors (Lipinski definition) is 5. The number of phenolic OH excluding ortho intramolecular Hbond substituents is 1. The summed E-state index contributed by atoms with van der Waals surface area (Å²) in [5, 5.41) is 12.5. The number of nitrogens with zero attached hydrogens (tertiary/aromatic N) is 2. The van der Waals surface area contributed by atoms with Gasteiger partial charge in [-0.3, -0.25) is 14.5 Å². The zero-order valence-electron chi connectivity index (χ0n) is 16.7. The van der Waals surface area contributed by atoms with Crippen LogP contribution in [-0.4, -0.2) is 38.8 Å². The van der Waals surface area contributed by atoms with Crippen molar-refractivity contribution in [3.63, 3.8) is 0 Å². The quantitative estimate of drug-likeness (QED) is 0.641. The fourth-order valence-corrected chi connectivity index (χ4v) is 4.68. The monoisotopic (exact) mass is 465 g/mol. The number of nitrogens with one attached hydrogen (secondary N) is 1. The highest BCUT2D eigenvalue weighted by molar-refractivity contribution is 8.15. The van der Waals surface area contributed by atoms with E-state index in [0.29, 0.717) is 23.1 Å². The van der Waals surface area contributed by atoms with Crippen molar-refractivity contribution < 1.29 is 14.7 Å². The number of anilines is 1. The average molecular weight is 466 g/mol. The van der Waals surface area contributed by atoms with Crippen molar-refractivity contribution in [2.75, 3.05) is 11.9 Å². The number of benzene rings is 2. The summed E-state index contributed by atoms with van der Waals surface area (Å²) in [5.74, 6) is -0.676. The number of rotatable bonds is 4. The number of aromatic hydroxyl groups is 1. The molecule has 1 unspecified atom stereocenters. The summed E-state index contributed by atoms with van der Waals surface area (Å²) >= 11 is 13.2. The summed E-state index contributed by atoms with van der Waals surface area (Å²) in [6.07, 6.45) is 0.0748. The summed E-state index contributed by atoms with van der Waals surface area (Å²) in [6, 6.07) is 8.66. The number of carbonyl (C=O) groups excluding carboxylic acids is 2. The second kappa shape index (κ2) is 9.29. The van der Waals surface area contributed by atoms with Crippen molar-refractivity contribution in [1.29, 1.82) is 0 Å². The maximum absolute atomic E-state index is 12.9. The molecule has 9 heteroatoms. The molecule has 1 fully saturated rings. The molecular formula is C21H21Cl2N3O3S. The van der Waals surface area contributed by atoms with Crippen LogP contribution >= 0.6 is 35.0 Å². The summed E-state index contributed by atoms with van der Waals surface area (Å²) in [5.41, 5.74) is 3.15. The van der Waals surface area contributed by atoms with Crippen LogP contribution in [0, 0.1) is 13.8 Å². The van der Waals surface area contributed by atoms with Crippen LogP contribution < -0.4 is 5.32 Å². The molecule has 0 radical (unpaired) electrons. The molecule has 6 nitrogen and oxygen atoms in total. The Balaban J connectivity index is 1.87. The van der Waals surface area contributed by atoms with E-state index in [2.05, 4.69) is 10.3 Å². The van der Waals surface area contributed by atoms with Gasteiger partial charge in [-0.25, -0.2) is 4.99 Å². The fraction of sp³-hybridized carbons (Fsp3) is 0.286. The van der Waals surface area contributed by atoms with Gasteiger partial charge in [0, 0.05) is 18.7 Å². The molecule has 0 bridgehead atoms. The Morgan fingerprint density at radius 2 is 1.93 bits per heavy atom. The number of amides is 2. The molecule has 1 atom stereocenters. The van der Waals surface area contributed by atoms with E-state index in [0.717, 1.165) is 11.1 Å². The molecule has 2 amide bonds. The van der Waals surface area contributed by atoms with Crippen LogP contribution in [0.2, 0.25) is 10.0 Å². The van der Waals surface area contributed by atoms with Gasteiger partial charge < -0.3 is 10.4 Å². The van der Waals surface area contributed by atoms with Crippen molar-refractivity contribution in [1.82, 2.24) is 4.90 Å². The molecule has 1 aliphatic rings. The Labute approximate surface area is 189 Å². The van der Waals surface area contributed by atoms with Gasteiger partial charge in [0.15, 0.2) is 10.9 Å². The first-order valence-corrected chi connectivity index (χ1v) is 10.9. The molecule has 1 aliphatic heterocycles. The molecule has 2 aromatic rings. The number of carbonyl (C=O) groups is 2. The number of thioether (sulfide) groups is 1. The molecular weight excluding hydrogens is 445 g/mol. The predicted molar refractivity (Wildman–Crippen MR) is 123 cm³/mol. The lowest BCUT2D eigenvalue weighted by Crippen LogP contribution is -2.45. The number of phenols is 1. The third kappa shape index (κ3) is 4.91. The Bertz CT molecular complexity index is 1020. The van der Waals surface area contributed by atoms with E-state index in [1.165, 1.54) is 28.8 Å². The molecule has 0 aromatic heterocycles. The summed E-state index contributed by atoms with van der Waals surface area (Å²) in [6.45, 7) is 6.15. The first kappa shape index (κ1) is 22.5. The third-order valence-electron chi connectivity index (χ3n) is 4.61. The van der Waals surface area contributed by atoms with Crippen molar-refractivity contribution in [3.05, 3.63) is 51.5 Å². The van der Waals surface area contributed by atoms with E-state index in [9.17, 15) is 14.7 Å². The maximum Gasteiger partial charge on any atom is 0.238 e. The standard InChI is InChI=1S/C21H21Cl2N3O3S/c1-4-26-18(27)10-17(20(29)25-16-6-5-11(2)7-12(16)3)30-21(26)24-13-8-14(22)19(28)15(23)9-13/h5-9,17,28H,4,10H2,1-3H3,(H,25,29). The van der Waals surface area contributed by atoms with Gasteiger partial charge in [0.25, 0.3) is 0 Å². The smallest absolute Gasteiger partial charge is 0.238 e. The largest absolute Gasteiger partial charge is 0.505 e. The fourth-order valence-electron chi connectivity index (χ4n) is 3.05. The van der Waals surface area contributed by atoms with Gasteiger partial charge in [0.1, 0.15) is 5.25 Å². The highest BCUT2D eigenvalue weighted by Gasteiger charge is 2.35. The highest BCUT2D eigenvalue weighted by atomic mass is 35.5. The summed E-state index contributed by atoms with van der Waals surface area (Å²) in [4.78, 5) is 31.5. The van der Waals surface area contributed by atoms with Crippen molar-refractivity contribution >= 4 is 63.3 Å². The molecule has 3 rings (SSSR count). The van der Waals surface area contributed by atoms with E-state index in [1.807, 2.05) is 39.0 Å². The highest BCUT2D eigenvalue weighted by Crippen LogP contribution is 2.37. The molecule has 158 valence electrons. The first-order chi connectivity index (χ1) is 14.2. The van der Waals surface area contributed by atoms with Crippen molar-refractivity contribution in [3.8, 4) is 5.75 Å². The molecule has 2 N–H and O–H groups in total. The lowest BCUT2D eigenvalue weighted by molar-refractivity contribution is -0.129. The number of halogens is 2. The van der Waals surface area contributed by atoms with Crippen LogP contribution in [-0.2, 0) is 9.59 Å². The Morgan fingerprint density at radius 3 is 2.53 bits per heavy atom. The van der Waals surface area contributed by atoms with Gasteiger partial charge in [-0.2, -0.15) is 0 Å². The Hall–Kier alpha value is -2.22. The van der Waals surface area contributed by atoms with Gasteiger partial charge in [-0.15, -0.1) is 0 Å². The van der Waals surface area contributed by atoms with E-state index >= 15 is 0 Å². The molecule has 1 heterocycles. The van der Waals surface area contributed by atoms with Crippen LogP contribution in [0.1, 0.15) is 24.5 Å². The molecule has 1 saturated heterocycles. The minimum absolute atomic E-state index is 0.0566. The topological polar surface area (TPSA) is 82.0 Å². The number of aliphatic imine (C=N–C) groups is 1. The molecule has 0 aliphatic carbocycles. The van der Waals surface area contributed by atoms with E-state index in [4.69, 9.17) is 23.2 Å². The van der Waals surface area contributed by atoms with E-state index in [-0.39, 0.29) is 34.0 Å². The van der Waals surface area contributed by atoms with Gasteiger partial charge in [0.2, 0.25) is 11.8 Å². The zero-order valence-corrected chi connectivity index (χ0v) is 19.0. The van der Waals surface area contributed by atoms with Gasteiger partial charge in [-0.1, -0.05) is 52.7 Å². The summed E-state index contributed by atoms with van der Waals surface area (Å²) < 4.78 is 0. The molecule has 2 aromatic carbocycles. The summed E-state index contributed by atoms with van der Waals surface area (Å²) in [7, 11) is 0. The molecule has 0 saturated carbocycles. The normalized spacial score (nSPS) is 18.0. The first-order valence-electron chi connectivity index (χ1n) is 9.31. The van der Waals surface area contributed by atoms with Crippen LogP contribution in [0.4, 0.5) is 11.4 Å². The SMILES string of the molecule is CCN1C(=O)CC(C(=O)Nc2ccc(C)cc2C)SC1=Nc1cc(Cl)c(O)c(Cl)c1. The van der Waals surface area contributed by atoms with Gasteiger partial charge in [-0.05, 0) is 44.5 Å². The van der Waals surface area contributed by atoms with Crippen LogP contribution in [0.5, 0.6) is 5.75 Å². The van der Waals surface area contributed by atoms with E-state index in [1.54, 1.807) is 0 Å². The van der Waals surface area contributed by atoms with E-state index < -0.39 is 5.25 Å². The predicted octanol–water partition coefficient (Wildman–Crippen LogP) is 5.30. The van der Waals surface area contributed by atoms with Gasteiger partial charge in [0.05, 0.1) is 15.7 Å². The van der Waals surface area contributed by atoms with Crippen LogP contribution in [0.3, 0.4) is 0 Å². The van der Waals surface area contributed by atoms with Crippen LogP contribution in [0.25, 0.3) is 0 Å². The Morgan fingerprint density at radius 1 is 1.27 bits per heavy atom. The average Bonchev–Trinajstić information content (AvgIpc) is 2.68. The lowest BCUT2D eigenvalue weighted by atomic mass is 10.1. The van der Waals surface area contributed by atoms with Gasteiger partial charge >= 0.3 is 0 Å². The maximum atomic E-state index is 12.9. The molecule has 0 spiro atoms. The minimum Gasteiger partial charge on any atom is -0.505 e. The molecule has 30 heavy (non-hydrogen) atoms. The van der Waals surface area contributed by atoms with Crippen LogP contribution in [0.15, 0.2) is 35.3 Å².